The van der Waals surface area contributed by atoms with Crippen molar-refractivity contribution in [2.45, 2.75) is 26.1 Å². The molecular weight excluding hydrogens is 325 g/mol. The van der Waals surface area contributed by atoms with Gasteiger partial charge < -0.3 is 0 Å². The predicted molar refractivity (Wildman–Crippen MR) is 77.8 cm³/mol. The van der Waals surface area contributed by atoms with Crippen LogP contribution in [0.4, 0.5) is 23.7 Å². The van der Waals surface area contributed by atoms with Gasteiger partial charge in [0.1, 0.15) is 17.7 Å². The van der Waals surface area contributed by atoms with Crippen LogP contribution in [-0.4, -0.2) is 32.4 Å². The van der Waals surface area contributed by atoms with E-state index in [0.717, 1.165) is 11.1 Å². The van der Waals surface area contributed by atoms with Crippen LogP contribution in [0.25, 0.3) is 0 Å². The number of anilines is 1. The Morgan fingerprint density at radius 3 is 2.50 bits per heavy atom. The molecule has 0 radical (unpaired) electrons. The number of amides is 3. The zero-order valence-corrected chi connectivity index (χ0v) is 12.6. The van der Waals surface area contributed by atoms with Crippen molar-refractivity contribution in [2.24, 2.45) is 0 Å². The van der Waals surface area contributed by atoms with Crippen LogP contribution in [0.15, 0.2) is 36.7 Å². The second-order valence-electron chi connectivity index (χ2n) is 5.26. The van der Waals surface area contributed by atoms with Crippen molar-refractivity contribution in [2.75, 3.05) is 4.90 Å². The van der Waals surface area contributed by atoms with E-state index in [-0.39, 0.29) is 12.4 Å². The van der Waals surface area contributed by atoms with Gasteiger partial charge in [0.2, 0.25) is 0 Å². The first-order valence-electron chi connectivity index (χ1n) is 7.10. The molecule has 1 aromatic heterocycles. The van der Waals surface area contributed by atoms with Gasteiger partial charge in [0.25, 0.3) is 5.91 Å². The van der Waals surface area contributed by atoms with E-state index < -0.39 is 30.3 Å². The number of urea groups is 1. The summed E-state index contributed by atoms with van der Waals surface area (Å²) >= 11 is 0. The van der Waals surface area contributed by atoms with E-state index in [1.54, 1.807) is 0 Å². The number of rotatable bonds is 4. The number of imidazole rings is 1. The first kappa shape index (κ1) is 16.0. The molecule has 2 aromatic rings. The highest BCUT2D eigenvalue weighted by atomic mass is 19.3. The minimum absolute atomic E-state index is 0.0974. The van der Waals surface area contributed by atoms with Crippen LogP contribution in [0.2, 0.25) is 0 Å². The van der Waals surface area contributed by atoms with Gasteiger partial charge in [-0.15, -0.1) is 0 Å². The van der Waals surface area contributed by atoms with E-state index >= 15 is 0 Å². The molecule has 24 heavy (non-hydrogen) atoms. The molecule has 0 N–H and O–H groups in total. The Balaban J connectivity index is 1.88. The van der Waals surface area contributed by atoms with Crippen LogP contribution in [0.1, 0.15) is 19.3 Å². The summed E-state index contributed by atoms with van der Waals surface area (Å²) in [5.74, 6) is -1.10. The van der Waals surface area contributed by atoms with Crippen LogP contribution >= 0.6 is 0 Å². The standard InChI is InChI=1S/C15H13F3N4O2/c1-9-13(23)21(8-12-19-6-7-20(12)14(17)18)15(24)22(9)11-4-2-10(16)3-5-11/h2-7,9,14H,8H2,1H3/t9-/m0/s1. The molecule has 9 heteroatoms. The summed E-state index contributed by atoms with van der Waals surface area (Å²) in [6.07, 6.45) is 2.25. The average Bonchev–Trinajstić information content (AvgIpc) is 3.09. The predicted octanol–water partition coefficient (Wildman–Crippen LogP) is 2.77. The maximum Gasteiger partial charge on any atom is 0.332 e. The summed E-state index contributed by atoms with van der Waals surface area (Å²) in [4.78, 5) is 30.7. The quantitative estimate of drug-likeness (QED) is 0.806. The topological polar surface area (TPSA) is 58.4 Å². The van der Waals surface area contributed by atoms with Gasteiger partial charge in [-0.25, -0.2) is 14.2 Å². The van der Waals surface area contributed by atoms with Gasteiger partial charge in [0.05, 0.1) is 6.54 Å². The van der Waals surface area contributed by atoms with Gasteiger partial charge in [0.15, 0.2) is 0 Å². The Labute approximate surface area is 135 Å². The number of benzene rings is 1. The van der Waals surface area contributed by atoms with Crippen molar-refractivity contribution in [3.63, 3.8) is 0 Å². The summed E-state index contributed by atoms with van der Waals surface area (Å²) < 4.78 is 39.4. The van der Waals surface area contributed by atoms with Gasteiger partial charge in [0, 0.05) is 18.1 Å². The molecule has 0 aliphatic carbocycles. The Bertz CT molecular complexity index is 775. The minimum Gasteiger partial charge on any atom is -0.282 e. The molecule has 1 fully saturated rings. The molecule has 0 bridgehead atoms. The van der Waals surface area contributed by atoms with Crippen molar-refractivity contribution >= 4 is 17.6 Å². The third kappa shape index (κ3) is 2.61. The fourth-order valence-corrected chi connectivity index (χ4v) is 2.59. The third-order valence-electron chi connectivity index (χ3n) is 3.81. The fourth-order valence-electron chi connectivity index (χ4n) is 2.59. The second-order valence-corrected chi connectivity index (χ2v) is 5.26. The highest BCUT2D eigenvalue weighted by Gasteiger charge is 2.43. The lowest BCUT2D eigenvalue weighted by molar-refractivity contribution is -0.127. The lowest BCUT2D eigenvalue weighted by atomic mass is 10.2. The van der Waals surface area contributed by atoms with Crippen molar-refractivity contribution in [1.29, 1.82) is 0 Å². The SMILES string of the molecule is C[C@H]1C(=O)N(Cc2nccn2C(F)F)C(=O)N1c1ccc(F)cc1. The van der Waals surface area contributed by atoms with Crippen LogP contribution < -0.4 is 4.90 Å². The normalized spacial score (nSPS) is 18.1. The monoisotopic (exact) mass is 338 g/mol. The Morgan fingerprint density at radius 1 is 1.21 bits per heavy atom. The largest absolute Gasteiger partial charge is 0.332 e. The molecule has 1 saturated heterocycles. The molecule has 126 valence electrons. The maximum absolute atomic E-state index is 13.0. The Hall–Kier alpha value is -2.84. The lowest BCUT2D eigenvalue weighted by Gasteiger charge is -2.19. The molecule has 3 amide bonds. The van der Waals surface area contributed by atoms with Gasteiger partial charge in [-0.2, -0.15) is 8.78 Å². The van der Waals surface area contributed by atoms with E-state index in [2.05, 4.69) is 4.98 Å². The number of aromatic nitrogens is 2. The molecule has 1 aliphatic rings. The molecule has 6 nitrogen and oxygen atoms in total. The molecule has 1 aromatic carbocycles. The summed E-state index contributed by atoms with van der Waals surface area (Å²) in [5.41, 5.74) is 0.349. The Morgan fingerprint density at radius 2 is 1.88 bits per heavy atom. The summed E-state index contributed by atoms with van der Waals surface area (Å²) in [5, 5.41) is 0. The summed E-state index contributed by atoms with van der Waals surface area (Å²) in [7, 11) is 0. The highest BCUT2D eigenvalue weighted by Crippen LogP contribution is 2.27. The van der Waals surface area contributed by atoms with E-state index in [4.69, 9.17) is 0 Å². The molecule has 3 rings (SSSR count). The van der Waals surface area contributed by atoms with Crippen molar-refractivity contribution in [3.05, 3.63) is 48.3 Å². The molecule has 2 heterocycles. The van der Waals surface area contributed by atoms with Gasteiger partial charge >= 0.3 is 12.6 Å². The fraction of sp³-hybridized carbons (Fsp3) is 0.267. The number of imide groups is 1. The number of carbonyl (C=O) groups is 2. The van der Waals surface area contributed by atoms with Crippen LogP contribution in [-0.2, 0) is 11.3 Å². The number of nitrogens with zero attached hydrogens (tertiary/aromatic N) is 4. The molecule has 0 spiro atoms. The summed E-state index contributed by atoms with van der Waals surface area (Å²) in [6.45, 7) is -1.67. The first-order chi connectivity index (χ1) is 11.4. The van der Waals surface area contributed by atoms with E-state index in [0.29, 0.717) is 10.3 Å². The molecule has 1 atom stereocenters. The number of hydrogen-bond acceptors (Lipinski definition) is 3. The van der Waals surface area contributed by atoms with Crippen LogP contribution in [0, 0.1) is 5.82 Å². The molecule has 0 saturated carbocycles. The van der Waals surface area contributed by atoms with Gasteiger partial charge in [-0.3, -0.25) is 19.2 Å². The number of hydrogen-bond donors (Lipinski definition) is 0. The smallest absolute Gasteiger partial charge is 0.282 e. The van der Waals surface area contributed by atoms with Gasteiger partial charge in [-0.05, 0) is 31.2 Å². The maximum atomic E-state index is 13.0. The zero-order chi connectivity index (χ0) is 17.4. The molecule has 1 aliphatic heterocycles. The van der Waals surface area contributed by atoms with Crippen LogP contribution in [0.5, 0.6) is 0 Å². The summed E-state index contributed by atoms with van der Waals surface area (Å²) in [6, 6.07) is 3.61. The van der Waals surface area contributed by atoms with Gasteiger partial charge in [-0.1, -0.05) is 0 Å². The molecule has 0 unspecified atom stereocenters. The zero-order valence-electron chi connectivity index (χ0n) is 12.6. The van der Waals surface area contributed by atoms with E-state index in [9.17, 15) is 22.8 Å². The van der Waals surface area contributed by atoms with Crippen molar-refractivity contribution in [1.82, 2.24) is 14.5 Å². The minimum atomic E-state index is -2.82. The Kier molecular flexibility index (Phi) is 4.00. The van der Waals surface area contributed by atoms with Crippen LogP contribution in [0.3, 0.4) is 0 Å². The number of halogens is 3. The van der Waals surface area contributed by atoms with Crippen molar-refractivity contribution < 1.29 is 22.8 Å². The van der Waals surface area contributed by atoms with E-state index in [1.165, 1.54) is 42.3 Å². The first-order valence-corrected chi connectivity index (χ1v) is 7.10. The molecular formula is C15H13F3N4O2. The number of carbonyl (C=O) groups excluding carboxylic acids is 2. The number of alkyl halides is 2. The second kappa shape index (κ2) is 5.99. The van der Waals surface area contributed by atoms with Crippen molar-refractivity contribution in [3.8, 4) is 0 Å². The third-order valence-corrected chi connectivity index (χ3v) is 3.81. The van der Waals surface area contributed by atoms with E-state index in [1.807, 2.05) is 0 Å². The highest BCUT2D eigenvalue weighted by molar-refractivity contribution is 6.13. The average molecular weight is 338 g/mol. The lowest BCUT2D eigenvalue weighted by Crippen LogP contribution is -2.34.